The van der Waals surface area contributed by atoms with E-state index in [0.29, 0.717) is 11.4 Å². The third-order valence-electron chi connectivity index (χ3n) is 10.8. The normalized spacial score (nSPS) is 12.5. The Balaban J connectivity index is 0.00000549. The van der Waals surface area contributed by atoms with Crippen molar-refractivity contribution < 1.29 is 26.2 Å². The zero-order valence-electron chi connectivity index (χ0n) is 35.6. The van der Waals surface area contributed by atoms with Crippen LogP contribution >= 0.6 is 0 Å². The molecule has 0 unspecified atom stereocenters. The summed E-state index contributed by atoms with van der Waals surface area (Å²) in [7, 11) is 0. The van der Waals surface area contributed by atoms with Crippen LogP contribution in [-0.4, -0.2) is 19.6 Å². The van der Waals surface area contributed by atoms with Crippen LogP contribution in [0.25, 0.3) is 61.6 Å². The Morgan fingerprint density at radius 3 is 1.67 bits per heavy atom. The minimum atomic E-state index is -0.171. The van der Waals surface area contributed by atoms with Crippen LogP contribution in [-0.2, 0) is 42.7 Å². The van der Waals surface area contributed by atoms with Crippen molar-refractivity contribution >= 4 is 11.0 Å². The van der Waals surface area contributed by atoms with Gasteiger partial charge in [0.2, 0.25) is 0 Å². The predicted molar refractivity (Wildman–Crippen MR) is 236 cm³/mol. The van der Waals surface area contributed by atoms with E-state index in [2.05, 4.69) is 160 Å². The van der Waals surface area contributed by atoms with Crippen LogP contribution in [0.3, 0.4) is 0 Å². The molecule has 0 saturated heterocycles. The maximum atomic E-state index is 11.2. The molecule has 0 aliphatic heterocycles. The molecule has 0 spiro atoms. The molecule has 0 aliphatic carbocycles. The molecule has 5 aromatic carbocycles. The van der Waals surface area contributed by atoms with Gasteiger partial charge in [-0.15, -0.1) is 23.8 Å². The Hall–Kier alpha value is -4.79. The van der Waals surface area contributed by atoms with Crippen molar-refractivity contribution in [2.24, 2.45) is 0 Å². The van der Waals surface area contributed by atoms with Crippen molar-refractivity contribution in [1.82, 2.24) is 14.5 Å². The number of pyridine rings is 1. The number of aromatic nitrogens is 3. The fourth-order valence-electron chi connectivity index (χ4n) is 7.22. The number of rotatable bonds is 5. The SMILES string of the molecule is CC(C)(C)c1cc(-c2cc(-c3cc(C(C)(C)C)ccn3)[c-]c(-c3cc(C(C)(C)C)cc4c3nc(-c3ccccc3O)n4-c3ccccc3)c2)cc(C(C)(C)C)c1.[Pt]. The number of fused-ring (bicyclic) bond motifs is 1. The van der Waals surface area contributed by atoms with E-state index in [4.69, 9.17) is 9.97 Å². The molecule has 2 heterocycles. The molecule has 0 aliphatic rings. The Labute approximate surface area is 354 Å². The maximum Gasteiger partial charge on any atom is 0.148 e. The molecule has 4 nitrogen and oxygen atoms in total. The van der Waals surface area contributed by atoms with E-state index >= 15 is 0 Å². The summed E-state index contributed by atoms with van der Waals surface area (Å²) < 4.78 is 2.19. The van der Waals surface area contributed by atoms with Crippen LogP contribution in [0.5, 0.6) is 5.75 Å². The molecule has 7 rings (SSSR count). The van der Waals surface area contributed by atoms with Gasteiger partial charge in [-0.2, -0.15) is 0 Å². The van der Waals surface area contributed by atoms with Crippen molar-refractivity contribution in [3.63, 3.8) is 0 Å². The van der Waals surface area contributed by atoms with Gasteiger partial charge < -0.3 is 5.11 Å². The average Bonchev–Trinajstić information content (AvgIpc) is 3.52. The van der Waals surface area contributed by atoms with Crippen LogP contribution in [0.4, 0.5) is 0 Å². The van der Waals surface area contributed by atoms with Crippen LogP contribution < -0.4 is 0 Å². The number of benzene rings is 5. The Morgan fingerprint density at radius 1 is 0.526 bits per heavy atom. The number of aromatic hydroxyl groups is 1. The maximum absolute atomic E-state index is 11.2. The molecule has 5 heteroatoms. The predicted octanol–water partition coefficient (Wildman–Crippen LogP) is 13.8. The Kier molecular flexibility index (Phi) is 11.1. The molecule has 0 amide bonds. The molecule has 57 heavy (non-hydrogen) atoms. The summed E-state index contributed by atoms with van der Waals surface area (Å²) >= 11 is 0. The van der Waals surface area contributed by atoms with E-state index in [9.17, 15) is 5.11 Å². The average molecular weight is 934 g/mol. The number of hydrogen-bond donors (Lipinski definition) is 1. The van der Waals surface area contributed by atoms with E-state index in [1.165, 1.54) is 27.8 Å². The van der Waals surface area contributed by atoms with Gasteiger partial charge in [-0.3, -0.25) is 9.55 Å². The van der Waals surface area contributed by atoms with Gasteiger partial charge in [-0.25, -0.2) is 4.98 Å². The van der Waals surface area contributed by atoms with E-state index in [0.717, 1.165) is 44.7 Å². The largest absolute Gasteiger partial charge is 0.507 e. The quantitative estimate of drug-likeness (QED) is 0.175. The summed E-state index contributed by atoms with van der Waals surface area (Å²) in [5.74, 6) is 0.867. The van der Waals surface area contributed by atoms with Gasteiger partial charge in [0.05, 0.1) is 16.6 Å². The topological polar surface area (TPSA) is 50.9 Å². The molecule has 2 aromatic heterocycles. The molecular weight excluding hydrogens is 878 g/mol. The minimum absolute atomic E-state index is 0. The second kappa shape index (κ2) is 15.2. The van der Waals surface area contributed by atoms with Crippen LogP contribution in [0.15, 0.2) is 115 Å². The molecular formula is C52H56N3OPt-. The molecule has 0 atom stereocenters. The fourth-order valence-corrected chi connectivity index (χ4v) is 7.22. The van der Waals surface area contributed by atoms with Crippen LogP contribution in [0.2, 0.25) is 0 Å². The van der Waals surface area contributed by atoms with Gasteiger partial charge in [0.25, 0.3) is 0 Å². The summed E-state index contributed by atoms with van der Waals surface area (Å²) in [5.41, 5.74) is 14.2. The number of imidazole rings is 1. The molecule has 296 valence electrons. The van der Waals surface area contributed by atoms with Crippen molar-refractivity contribution in [3.8, 4) is 56.3 Å². The van der Waals surface area contributed by atoms with Gasteiger partial charge in [-0.1, -0.05) is 160 Å². The molecule has 0 fully saturated rings. The van der Waals surface area contributed by atoms with Crippen molar-refractivity contribution in [3.05, 3.63) is 144 Å². The Morgan fingerprint density at radius 2 is 1.07 bits per heavy atom. The van der Waals surface area contributed by atoms with E-state index in [1.54, 1.807) is 6.07 Å². The third kappa shape index (κ3) is 8.58. The van der Waals surface area contributed by atoms with Crippen molar-refractivity contribution in [1.29, 1.82) is 0 Å². The van der Waals surface area contributed by atoms with E-state index in [1.807, 2.05) is 42.6 Å². The standard InChI is InChI=1S/C52H56N3O.Pt/c1-49(2,3)37-22-23-53-44(31-37)36-25-33(34-27-38(50(4,5)6)29-39(28-34)51(7,8)9)24-35(26-36)43-30-40(52(10,11)12)32-45-47(43)54-48(42-20-16-17-21-46(42)56)55(45)41-18-14-13-15-19-41;/h13-25,27-32,56H,1-12H3;/q-1;. The van der Waals surface area contributed by atoms with Crippen molar-refractivity contribution in [2.45, 2.75) is 105 Å². The minimum Gasteiger partial charge on any atom is -0.507 e. The number of phenols is 1. The van der Waals surface area contributed by atoms with Gasteiger partial charge in [0.15, 0.2) is 0 Å². The molecule has 7 aromatic rings. The van der Waals surface area contributed by atoms with Gasteiger partial charge >= 0.3 is 0 Å². The zero-order chi connectivity index (χ0) is 40.4. The summed E-state index contributed by atoms with van der Waals surface area (Å²) in [6.07, 6.45) is 1.92. The number of phenolic OH excluding ortho intramolecular Hbond substituents is 1. The summed E-state index contributed by atoms with van der Waals surface area (Å²) in [4.78, 5) is 10.4. The van der Waals surface area contributed by atoms with Gasteiger partial charge in [-0.05, 0) is 85.9 Å². The van der Waals surface area contributed by atoms with Gasteiger partial charge in [0.1, 0.15) is 11.6 Å². The Bertz CT molecular complexity index is 2540. The molecule has 0 radical (unpaired) electrons. The molecule has 1 N–H and O–H groups in total. The van der Waals surface area contributed by atoms with Crippen LogP contribution in [0, 0.1) is 6.07 Å². The fraction of sp³-hybridized carbons (Fsp3) is 0.308. The number of hydrogen-bond acceptors (Lipinski definition) is 3. The first-order chi connectivity index (χ1) is 26.2. The molecule has 0 saturated carbocycles. The first-order valence-electron chi connectivity index (χ1n) is 19.8. The summed E-state index contributed by atoms with van der Waals surface area (Å²) in [6, 6.07) is 42.2. The smallest absolute Gasteiger partial charge is 0.148 e. The van der Waals surface area contributed by atoms with Crippen LogP contribution in [0.1, 0.15) is 105 Å². The summed E-state index contributed by atoms with van der Waals surface area (Å²) in [6.45, 7) is 27.2. The number of para-hydroxylation sites is 2. The monoisotopic (exact) mass is 933 g/mol. The van der Waals surface area contributed by atoms with E-state index in [-0.39, 0.29) is 48.5 Å². The molecule has 0 bridgehead atoms. The second-order valence-corrected chi connectivity index (χ2v) is 19.4. The van der Waals surface area contributed by atoms with E-state index < -0.39 is 0 Å². The van der Waals surface area contributed by atoms with Crippen molar-refractivity contribution in [2.75, 3.05) is 0 Å². The number of nitrogens with zero attached hydrogens (tertiary/aromatic N) is 3. The first kappa shape index (κ1) is 41.8. The third-order valence-corrected chi connectivity index (χ3v) is 10.8. The first-order valence-corrected chi connectivity index (χ1v) is 19.8. The van der Waals surface area contributed by atoms with Gasteiger partial charge in [0, 0.05) is 38.6 Å². The zero-order valence-corrected chi connectivity index (χ0v) is 37.8. The summed E-state index contributed by atoms with van der Waals surface area (Å²) in [5, 5.41) is 11.2. The second-order valence-electron chi connectivity index (χ2n) is 19.4.